The molecule has 0 N–H and O–H groups in total. The minimum atomic E-state index is -1.67. The minimum Gasteiger partial charge on any atom is -0.486 e. The number of rotatable bonds is 6. The molecule has 0 saturated carbocycles. The van der Waals surface area contributed by atoms with Crippen LogP contribution in [0.3, 0.4) is 0 Å². The zero-order chi connectivity index (χ0) is 38.5. The average molecular weight is 901 g/mol. The van der Waals surface area contributed by atoms with Gasteiger partial charge in [0.15, 0.2) is 0 Å². The summed E-state index contributed by atoms with van der Waals surface area (Å²) in [5.74, 6) is 0.713. The van der Waals surface area contributed by atoms with Crippen LogP contribution < -0.4 is 5.19 Å². The summed E-state index contributed by atoms with van der Waals surface area (Å²) in [4.78, 5) is 14.2. The summed E-state index contributed by atoms with van der Waals surface area (Å²) in [5, 5.41) is 5.51. The van der Waals surface area contributed by atoms with Gasteiger partial charge in [0.1, 0.15) is 0 Å². The fourth-order valence-electron chi connectivity index (χ4n) is 6.84. The molecule has 7 heteroatoms. The summed E-state index contributed by atoms with van der Waals surface area (Å²) < 4.78 is 25.6. The zero-order valence-corrected chi connectivity index (χ0v) is 34.6. The Morgan fingerprint density at radius 2 is 1.57 bits per heavy atom. The van der Waals surface area contributed by atoms with Crippen molar-refractivity contribution in [3.63, 3.8) is 0 Å². The smallest absolute Gasteiger partial charge is 0.216 e. The van der Waals surface area contributed by atoms with Crippen molar-refractivity contribution in [3.8, 4) is 28.3 Å². The number of hydrogen-bond donors (Lipinski definition) is 0. The van der Waals surface area contributed by atoms with Crippen LogP contribution >= 0.6 is 0 Å². The summed E-state index contributed by atoms with van der Waals surface area (Å²) in [6.07, 6.45) is 0.528. The molecule has 0 unspecified atom stereocenters. The number of hydrogen-bond acceptors (Lipinski definition) is 4. The monoisotopic (exact) mass is 901 g/mol. The normalized spacial score (nSPS) is 12.4. The van der Waals surface area contributed by atoms with Gasteiger partial charge in [0.2, 0.25) is 5.71 Å². The van der Waals surface area contributed by atoms with Crippen molar-refractivity contribution in [2.75, 3.05) is 0 Å². The van der Waals surface area contributed by atoms with Gasteiger partial charge in [-0.15, -0.1) is 54.1 Å². The Bertz CT molecular complexity index is 2840. The summed E-state index contributed by atoms with van der Waals surface area (Å²) in [7, 11) is -1.67. The Labute approximate surface area is 334 Å². The van der Waals surface area contributed by atoms with Crippen LogP contribution in [0.1, 0.15) is 27.8 Å². The fourth-order valence-corrected chi connectivity index (χ4v) is 8.24. The first-order chi connectivity index (χ1) is 26.4. The standard InChI is InChI=1S/C29H18N3O.C18H24NSi.Ir/c1-18-13-16-23-22-9-6-10-24(27(22)33-29(23)30-18)28-31-25-11-4-5-12-26(25)32(28)21-15-14-19-7-2-3-8-20(19)17-21;1-14(2)11-16-12-17(15-9-7-6-8-10-15)19-13-18(16)20(3,4)5;/h2-9,11-17H,1H3;6-9,12-14H,11H2,1-5H3;/q2*-1;/i;11D2;. The van der Waals surface area contributed by atoms with Gasteiger partial charge in [0.25, 0.3) is 0 Å². The molecule has 0 aliphatic heterocycles. The maximum Gasteiger partial charge on any atom is 0.216 e. The molecule has 0 atom stereocenters. The molecule has 9 rings (SSSR count). The van der Waals surface area contributed by atoms with Crippen LogP contribution in [0.15, 0.2) is 132 Å². The molecule has 0 bridgehead atoms. The third kappa shape index (κ3) is 7.32. The molecule has 0 spiro atoms. The van der Waals surface area contributed by atoms with Gasteiger partial charge in [-0.25, -0.2) is 4.98 Å². The van der Waals surface area contributed by atoms with Gasteiger partial charge in [-0.3, -0.25) is 4.98 Å². The second-order valence-electron chi connectivity index (χ2n) is 14.7. The molecule has 1 radical (unpaired) electrons. The molecule has 5 nitrogen and oxygen atoms in total. The number of furan rings is 1. The number of benzene rings is 5. The number of aryl methyl sites for hydroxylation is 1. The SMILES string of the molecule is Cc1ccc2c(n1)oc1c(-c3nc4ccccc4n3-c3ccc4ccccc4c3)[c-]ccc12.[2H]C([2H])(c1cc(-c2[c-]cccc2)ncc1[Si](C)(C)C)C(C)C.[Ir]. The van der Waals surface area contributed by atoms with Gasteiger partial charge in [-0.05, 0) is 77.3 Å². The van der Waals surface area contributed by atoms with Crippen molar-refractivity contribution in [2.24, 2.45) is 5.92 Å². The molecule has 0 amide bonds. The van der Waals surface area contributed by atoms with Crippen molar-refractivity contribution in [1.29, 1.82) is 0 Å². The third-order valence-electron chi connectivity index (χ3n) is 9.35. The maximum absolute atomic E-state index is 8.55. The molecule has 9 aromatic rings. The molecule has 0 saturated heterocycles. The van der Waals surface area contributed by atoms with E-state index in [0.717, 1.165) is 72.2 Å². The van der Waals surface area contributed by atoms with Crippen molar-refractivity contribution in [3.05, 3.63) is 151 Å². The van der Waals surface area contributed by atoms with Gasteiger partial charge >= 0.3 is 0 Å². The molecular formula is C47H42IrN4OSi-2. The van der Waals surface area contributed by atoms with E-state index in [4.69, 9.17) is 12.1 Å². The second-order valence-corrected chi connectivity index (χ2v) is 19.8. The Morgan fingerprint density at radius 3 is 2.35 bits per heavy atom. The van der Waals surface area contributed by atoms with Crippen LogP contribution in [0, 0.1) is 25.0 Å². The van der Waals surface area contributed by atoms with E-state index in [1.54, 1.807) is 0 Å². The van der Waals surface area contributed by atoms with Crippen molar-refractivity contribution < 1.29 is 27.3 Å². The van der Waals surface area contributed by atoms with Crippen molar-refractivity contribution in [2.45, 2.75) is 46.8 Å². The molecule has 54 heavy (non-hydrogen) atoms. The Morgan fingerprint density at radius 1 is 0.796 bits per heavy atom. The average Bonchev–Trinajstić information content (AvgIpc) is 3.76. The number of fused-ring (bicyclic) bond motifs is 5. The molecule has 0 fully saturated rings. The summed E-state index contributed by atoms with van der Waals surface area (Å²) >= 11 is 0. The van der Waals surface area contributed by atoms with Crippen LogP contribution in [0.2, 0.25) is 19.6 Å². The molecule has 0 aliphatic rings. The molecule has 5 aromatic carbocycles. The topological polar surface area (TPSA) is 56.7 Å². The minimum absolute atomic E-state index is 0. The fraction of sp³-hybridized carbons (Fsp3) is 0.170. The molecule has 271 valence electrons. The van der Waals surface area contributed by atoms with E-state index in [0.29, 0.717) is 5.71 Å². The van der Waals surface area contributed by atoms with E-state index in [2.05, 4.69) is 101 Å². The predicted molar refractivity (Wildman–Crippen MR) is 223 cm³/mol. The van der Waals surface area contributed by atoms with E-state index < -0.39 is 14.4 Å². The number of pyridine rings is 2. The van der Waals surface area contributed by atoms with E-state index >= 15 is 0 Å². The summed E-state index contributed by atoms with van der Waals surface area (Å²) in [5.41, 5.74) is 8.66. The molecule has 0 aliphatic carbocycles. The number of para-hydroxylation sites is 2. The Hall–Kier alpha value is -5.20. The number of imidazole rings is 1. The molecule has 4 aromatic heterocycles. The summed E-state index contributed by atoms with van der Waals surface area (Å²) in [6, 6.07) is 47.4. The van der Waals surface area contributed by atoms with E-state index in [1.165, 1.54) is 10.8 Å². The van der Waals surface area contributed by atoms with Crippen LogP contribution in [0.4, 0.5) is 0 Å². The van der Waals surface area contributed by atoms with Gasteiger partial charge in [-0.1, -0.05) is 98.5 Å². The first kappa shape index (κ1) is 34.6. The first-order valence-corrected chi connectivity index (χ1v) is 21.6. The maximum atomic E-state index is 8.55. The van der Waals surface area contributed by atoms with Crippen molar-refractivity contribution >= 4 is 57.1 Å². The second kappa shape index (κ2) is 15.3. The van der Waals surface area contributed by atoms with Gasteiger partial charge in [0.05, 0.1) is 30.5 Å². The van der Waals surface area contributed by atoms with E-state index in [1.807, 2.05) is 93.7 Å². The van der Waals surface area contributed by atoms with Gasteiger partial charge in [-0.2, -0.15) is 0 Å². The predicted octanol–water partition coefficient (Wildman–Crippen LogP) is 11.5. The van der Waals surface area contributed by atoms with Crippen LogP contribution in [-0.4, -0.2) is 27.6 Å². The number of nitrogens with zero attached hydrogens (tertiary/aromatic N) is 4. The van der Waals surface area contributed by atoms with Crippen LogP contribution in [0.5, 0.6) is 0 Å². The summed E-state index contributed by atoms with van der Waals surface area (Å²) in [6.45, 7) is 12.5. The van der Waals surface area contributed by atoms with Gasteiger partial charge < -0.3 is 14.0 Å². The van der Waals surface area contributed by atoms with E-state index in [9.17, 15) is 0 Å². The van der Waals surface area contributed by atoms with E-state index in [-0.39, 0.29) is 26.0 Å². The Balaban J connectivity index is 0.000000184. The van der Waals surface area contributed by atoms with Crippen LogP contribution in [0.25, 0.3) is 72.2 Å². The molecular weight excluding hydrogens is 857 g/mol. The third-order valence-corrected chi connectivity index (χ3v) is 11.4. The quantitative estimate of drug-likeness (QED) is 0.123. The molecule has 4 heterocycles. The number of aromatic nitrogens is 4. The zero-order valence-electron chi connectivity index (χ0n) is 33.2. The Kier molecular flexibility index (Phi) is 9.77. The van der Waals surface area contributed by atoms with Crippen LogP contribution in [-0.2, 0) is 26.5 Å². The largest absolute Gasteiger partial charge is 0.486 e. The first-order valence-electron chi connectivity index (χ1n) is 19.1. The van der Waals surface area contributed by atoms with Gasteiger partial charge in [0, 0.05) is 45.8 Å². The van der Waals surface area contributed by atoms with Crippen molar-refractivity contribution in [1.82, 2.24) is 19.5 Å².